The summed E-state index contributed by atoms with van der Waals surface area (Å²) in [6.07, 6.45) is 0. The van der Waals surface area contributed by atoms with E-state index >= 15 is 0 Å². The van der Waals surface area contributed by atoms with Crippen molar-refractivity contribution in [3.8, 4) is 11.5 Å². The van der Waals surface area contributed by atoms with Crippen LogP contribution < -0.4 is 31.4 Å². The molecule has 0 saturated carbocycles. The number of amides is 1. The number of nitrogens with two attached hydrogens (primary N) is 1. The predicted molar refractivity (Wildman–Crippen MR) is 117 cm³/mol. The maximum atomic E-state index is 13.5. The summed E-state index contributed by atoms with van der Waals surface area (Å²) >= 11 is 0. The van der Waals surface area contributed by atoms with Crippen LogP contribution in [0.3, 0.4) is 0 Å². The van der Waals surface area contributed by atoms with Crippen LogP contribution in [0.1, 0.15) is 38.1 Å². The quantitative estimate of drug-likeness (QED) is 0.677. The molecule has 1 aromatic heterocycles. The van der Waals surface area contributed by atoms with E-state index in [0.717, 1.165) is 0 Å². The van der Waals surface area contributed by atoms with E-state index in [4.69, 9.17) is 15.2 Å². The first-order chi connectivity index (χ1) is 14.1. The van der Waals surface area contributed by atoms with Gasteiger partial charge in [-0.15, -0.1) is 0 Å². The Bertz CT molecular complexity index is 1000. The SMILES string of the molecule is COc1cc(OC)cc(C(=O)N(CC(C)C)c2c(N)n(CC(C)C)c(=O)[nH]c2=O)c1. The molecule has 0 bridgehead atoms. The molecule has 164 valence electrons. The molecule has 1 aromatic carbocycles. The third-order valence-corrected chi connectivity index (χ3v) is 4.42. The van der Waals surface area contributed by atoms with Crippen molar-refractivity contribution in [1.29, 1.82) is 0 Å². The number of rotatable bonds is 8. The summed E-state index contributed by atoms with van der Waals surface area (Å²) in [6, 6.07) is 4.77. The van der Waals surface area contributed by atoms with Crippen molar-refractivity contribution >= 4 is 17.4 Å². The highest BCUT2D eigenvalue weighted by Crippen LogP contribution is 2.26. The number of carbonyl (C=O) groups is 1. The summed E-state index contributed by atoms with van der Waals surface area (Å²) < 4.78 is 11.8. The highest BCUT2D eigenvalue weighted by molar-refractivity contribution is 6.07. The lowest BCUT2D eigenvalue weighted by atomic mass is 10.1. The van der Waals surface area contributed by atoms with Gasteiger partial charge in [0.2, 0.25) is 0 Å². The van der Waals surface area contributed by atoms with E-state index in [0.29, 0.717) is 18.0 Å². The Morgan fingerprint density at radius 1 is 1.07 bits per heavy atom. The Hall–Kier alpha value is -3.23. The number of hydrogen-bond acceptors (Lipinski definition) is 6. The fraction of sp³-hybridized carbons (Fsp3) is 0.476. The van der Waals surface area contributed by atoms with Gasteiger partial charge >= 0.3 is 5.69 Å². The number of benzene rings is 1. The smallest absolute Gasteiger partial charge is 0.330 e. The van der Waals surface area contributed by atoms with Crippen molar-refractivity contribution in [2.45, 2.75) is 34.2 Å². The summed E-state index contributed by atoms with van der Waals surface area (Å²) in [4.78, 5) is 42.1. The molecule has 30 heavy (non-hydrogen) atoms. The minimum Gasteiger partial charge on any atom is -0.497 e. The Labute approximate surface area is 175 Å². The second-order valence-corrected chi connectivity index (χ2v) is 7.91. The van der Waals surface area contributed by atoms with Gasteiger partial charge in [-0.25, -0.2) is 4.79 Å². The lowest BCUT2D eigenvalue weighted by molar-refractivity contribution is 0.0982. The molecule has 1 amide bonds. The van der Waals surface area contributed by atoms with Crippen molar-refractivity contribution in [2.75, 3.05) is 31.4 Å². The van der Waals surface area contributed by atoms with E-state index < -0.39 is 17.2 Å². The van der Waals surface area contributed by atoms with Gasteiger partial charge in [0.05, 0.1) is 14.2 Å². The highest BCUT2D eigenvalue weighted by atomic mass is 16.5. The number of nitrogens with zero attached hydrogens (tertiary/aromatic N) is 2. The number of aromatic nitrogens is 2. The number of methoxy groups -OCH3 is 2. The number of H-pyrrole nitrogens is 1. The standard InChI is InChI=1S/C21H30N4O5/c1-12(2)10-24(20(27)14-7-15(29-5)9-16(8-14)30-6)17-18(22)25(11-13(3)4)21(28)23-19(17)26/h7-9,12-13H,10-11,22H2,1-6H3,(H,23,26,28). The van der Waals surface area contributed by atoms with E-state index in [1.165, 1.54) is 23.7 Å². The van der Waals surface area contributed by atoms with Crippen LogP contribution in [-0.2, 0) is 6.54 Å². The predicted octanol–water partition coefficient (Wildman–Crippen LogP) is 2.09. The lowest BCUT2D eigenvalue weighted by Gasteiger charge is -2.26. The Morgan fingerprint density at radius 2 is 1.63 bits per heavy atom. The van der Waals surface area contributed by atoms with Crippen LogP contribution >= 0.6 is 0 Å². The second kappa shape index (κ2) is 9.51. The topological polar surface area (TPSA) is 120 Å². The van der Waals surface area contributed by atoms with Crippen molar-refractivity contribution in [3.05, 3.63) is 44.6 Å². The zero-order valence-electron chi connectivity index (χ0n) is 18.3. The molecule has 0 aliphatic rings. The van der Waals surface area contributed by atoms with Gasteiger partial charge in [-0.3, -0.25) is 19.1 Å². The minimum atomic E-state index is -0.707. The first kappa shape index (κ1) is 23.1. The average Bonchev–Trinajstić information content (AvgIpc) is 2.68. The fourth-order valence-corrected chi connectivity index (χ4v) is 3.11. The van der Waals surface area contributed by atoms with Gasteiger partial charge in [-0.1, -0.05) is 27.7 Å². The number of ether oxygens (including phenoxy) is 2. The van der Waals surface area contributed by atoms with E-state index in [2.05, 4.69) is 4.98 Å². The lowest BCUT2D eigenvalue weighted by Crippen LogP contribution is -2.43. The Kier molecular flexibility index (Phi) is 7.31. The van der Waals surface area contributed by atoms with Crippen molar-refractivity contribution in [3.63, 3.8) is 0 Å². The molecule has 0 aliphatic heterocycles. The molecular formula is C21H30N4O5. The van der Waals surface area contributed by atoms with Gasteiger partial charge in [0, 0.05) is 24.7 Å². The number of hydrogen-bond donors (Lipinski definition) is 2. The number of aromatic amines is 1. The van der Waals surface area contributed by atoms with Gasteiger partial charge in [0.25, 0.3) is 11.5 Å². The van der Waals surface area contributed by atoms with Crippen LogP contribution in [0, 0.1) is 11.8 Å². The monoisotopic (exact) mass is 418 g/mol. The van der Waals surface area contributed by atoms with Crippen molar-refractivity contribution < 1.29 is 14.3 Å². The molecule has 1 heterocycles. The molecule has 9 nitrogen and oxygen atoms in total. The molecule has 0 unspecified atom stereocenters. The largest absolute Gasteiger partial charge is 0.497 e. The van der Waals surface area contributed by atoms with E-state index in [9.17, 15) is 14.4 Å². The molecule has 3 N–H and O–H groups in total. The molecule has 0 atom stereocenters. The van der Waals surface area contributed by atoms with E-state index in [-0.39, 0.29) is 35.4 Å². The van der Waals surface area contributed by atoms with Crippen LogP contribution in [0.15, 0.2) is 27.8 Å². The maximum Gasteiger partial charge on any atom is 0.330 e. The highest BCUT2D eigenvalue weighted by Gasteiger charge is 2.27. The minimum absolute atomic E-state index is 0.0331. The first-order valence-corrected chi connectivity index (χ1v) is 9.76. The molecule has 2 rings (SSSR count). The normalized spacial score (nSPS) is 11.1. The molecule has 2 aromatic rings. The van der Waals surface area contributed by atoms with Crippen molar-refractivity contribution in [2.24, 2.45) is 11.8 Å². The summed E-state index contributed by atoms with van der Waals surface area (Å²) in [5.74, 6) is 0.531. The van der Waals surface area contributed by atoms with Crippen LogP contribution in [0.5, 0.6) is 11.5 Å². The third kappa shape index (κ3) is 5.03. The molecular weight excluding hydrogens is 388 g/mol. The summed E-state index contributed by atoms with van der Waals surface area (Å²) in [7, 11) is 2.97. The molecule has 0 saturated heterocycles. The molecule has 0 aliphatic carbocycles. The summed E-state index contributed by atoms with van der Waals surface area (Å²) in [6.45, 7) is 8.23. The Morgan fingerprint density at radius 3 is 2.10 bits per heavy atom. The first-order valence-electron chi connectivity index (χ1n) is 9.76. The number of nitrogen functional groups attached to an aromatic ring is 1. The van der Waals surface area contributed by atoms with E-state index in [1.54, 1.807) is 18.2 Å². The van der Waals surface area contributed by atoms with Gasteiger partial charge in [-0.2, -0.15) is 0 Å². The zero-order chi connectivity index (χ0) is 22.6. The number of anilines is 2. The molecule has 0 radical (unpaired) electrons. The fourth-order valence-electron chi connectivity index (χ4n) is 3.11. The van der Waals surface area contributed by atoms with E-state index in [1.807, 2.05) is 27.7 Å². The van der Waals surface area contributed by atoms with Crippen LogP contribution in [-0.4, -0.2) is 36.2 Å². The zero-order valence-corrected chi connectivity index (χ0v) is 18.3. The molecule has 0 fully saturated rings. The number of nitrogens with one attached hydrogen (secondary N) is 1. The van der Waals surface area contributed by atoms with Crippen LogP contribution in [0.2, 0.25) is 0 Å². The second-order valence-electron chi connectivity index (χ2n) is 7.91. The Balaban J connectivity index is 2.68. The van der Waals surface area contributed by atoms with Gasteiger partial charge < -0.3 is 20.1 Å². The van der Waals surface area contributed by atoms with Crippen LogP contribution in [0.4, 0.5) is 11.5 Å². The van der Waals surface area contributed by atoms with Gasteiger partial charge in [-0.05, 0) is 24.0 Å². The number of carbonyl (C=O) groups excluding carboxylic acids is 1. The average molecular weight is 418 g/mol. The summed E-state index contributed by atoms with van der Waals surface area (Å²) in [5.41, 5.74) is 5.15. The molecule has 9 heteroatoms. The van der Waals surface area contributed by atoms with Gasteiger partial charge in [0.1, 0.15) is 17.3 Å². The van der Waals surface area contributed by atoms with Gasteiger partial charge in [0.15, 0.2) is 5.69 Å². The van der Waals surface area contributed by atoms with Crippen LogP contribution in [0.25, 0.3) is 0 Å². The summed E-state index contributed by atoms with van der Waals surface area (Å²) in [5, 5.41) is 0. The van der Waals surface area contributed by atoms with Crippen molar-refractivity contribution in [1.82, 2.24) is 9.55 Å². The maximum absolute atomic E-state index is 13.5. The third-order valence-electron chi connectivity index (χ3n) is 4.42. The molecule has 0 spiro atoms.